The van der Waals surface area contributed by atoms with E-state index >= 15 is 0 Å². The Labute approximate surface area is 105 Å². The highest BCUT2D eigenvalue weighted by atomic mass is 127. The summed E-state index contributed by atoms with van der Waals surface area (Å²) in [4.78, 5) is 0. The fraction of sp³-hybridized carbons (Fsp3) is 0.333. The average molecular weight is 404 g/mol. The van der Waals surface area contributed by atoms with E-state index in [9.17, 15) is 5.11 Å². The van der Waals surface area contributed by atoms with E-state index < -0.39 is 0 Å². The first-order chi connectivity index (χ1) is 6.15. The first-order valence-corrected chi connectivity index (χ1v) is 5.96. The van der Waals surface area contributed by atoms with Crippen molar-refractivity contribution >= 4 is 45.2 Å². The van der Waals surface area contributed by atoms with Gasteiger partial charge in [-0.05, 0) is 69.3 Å². The molecule has 0 heterocycles. The van der Waals surface area contributed by atoms with Crippen LogP contribution in [0.4, 0.5) is 0 Å². The van der Waals surface area contributed by atoms with Crippen molar-refractivity contribution < 1.29 is 9.84 Å². The van der Waals surface area contributed by atoms with Gasteiger partial charge in [0.05, 0.1) is 13.7 Å². The minimum absolute atomic E-state index is 0.377. The molecular weight excluding hydrogens is 394 g/mol. The highest BCUT2D eigenvalue weighted by Crippen LogP contribution is 2.27. The topological polar surface area (TPSA) is 29.5 Å². The number of halogens is 2. The number of phenolic OH excluding ortho intramolecular Hbond substituents is 1. The van der Waals surface area contributed by atoms with Gasteiger partial charge in [-0.15, -0.1) is 0 Å². The van der Waals surface area contributed by atoms with Crippen LogP contribution in [0.5, 0.6) is 5.75 Å². The van der Waals surface area contributed by atoms with Gasteiger partial charge < -0.3 is 9.84 Å². The predicted molar refractivity (Wildman–Crippen MR) is 69.1 cm³/mol. The molecule has 0 bridgehead atoms. The Bertz CT molecular complexity index is 277. The van der Waals surface area contributed by atoms with Gasteiger partial charge in [0.2, 0.25) is 0 Å². The summed E-state index contributed by atoms with van der Waals surface area (Å²) in [7, 11) is 1.69. The molecule has 2 nitrogen and oxygen atoms in total. The molecule has 1 N–H and O–H groups in total. The molecule has 0 spiro atoms. The molecule has 1 aromatic carbocycles. The minimum Gasteiger partial charge on any atom is -0.506 e. The molecule has 0 amide bonds. The maximum atomic E-state index is 9.51. The zero-order valence-corrected chi connectivity index (χ0v) is 11.5. The molecule has 1 rings (SSSR count). The van der Waals surface area contributed by atoms with E-state index in [-0.39, 0.29) is 0 Å². The summed E-state index contributed by atoms with van der Waals surface area (Å²) in [5, 5.41) is 9.51. The van der Waals surface area contributed by atoms with Crippen molar-refractivity contribution in [2.24, 2.45) is 0 Å². The summed E-state index contributed by atoms with van der Waals surface area (Å²) >= 11 is 4.26. The molecule has 0 saturated carbocycles. The van der Waals surface area contributed by atoms with Crippen LogP contribution >= 0.6 is 45.2 Å². The summed E-state index contributed by atoms with van der Waals surface area (Å²) in [5.41, 5.74) is 1.20. The van der Waals surface area contributed by atoms with Gasteiger partial charge in [-0.2, -0.15) is 0 Å². The summed E-state index contributed by atoms with van der Waals surface area (Å²) in [5.74, 6) is 0.377. The molecule has 0 aliphatic carbocycles. The quantitative estimate of drug-likeness (QED) is 0.786. The lowest BCUT2D eigenvalue weighted by Crippen LogP contribution is -1.95. The van der Waals surface area contributed by atoms with Gasteiger partial charge in [0.25, 0.3) is 0 Å². The maximum Gasteiger partial charge on any atom is 0.142 e. The molecule has 0 radical (unpaired) electrons. The van der Waals surface area contributed by atoms with Gasteiger partial charge in [-0.1, -0.05) is 0 Å². The molecule has 4 heteroatoms. The zero-order chi connectivity index (χ0) is 9.84. The van der Waals surface area contributed by atoms with E-state index in [0.717, 1.165) is 20.2 Å². The lowest BCUT2D eigenvalue weighted by Gasteiger charge is -2.05. The highest BCUT2D eigenvalue weighted by molar-refractivity contribution is 14.1. The largest absolute Gasteiger partial charge is 0.506 e. The fourth-order valence-corrected chi connectivity index (χ4v) is 2.88. The monoisotopic (exact) mass is 404 g/mol. The summed E-state index contributed by atoms with van der Waals surface area (Å²) in [6, 6.07) is 3.97. The Morgan fingerprint density at radius 3 is 2.31 bits per heavy atom. The van der Waals surface area contributed by atoms with Gasteiger partial charge in [0.1, 0.15) is 5.75 Å². The Kier molecular flexibility index (Phi) is 4.74. The van der Waals surface area contributed by atoms with Gasteiger partial charge in [-0.3, -0.25) is 0 Å². The van der Waals surface area contributed by atoms with Gasteiger partial charge in [0.15, 0.2) is 0 Å². The number of hydrogen-bond acceptors (Lipinski definition) is 2. The van der Waals surface area contributed by atoms with Crippen LogP contribution in [0, 0.1) is 7.14 Å². The van der Waals surface area contributed by atoms with Crippen molar-refractivity contribution in [3.63, 3.8) is 0 Å². The van der Waals surface area contributed by atoms with E-state index in [2.05, 4.69) is 45.2 Å². The minimum atomic E-state index is 0.377. The fourth-order valence-electron chi connectivity index (χ4n) is 0.982. The van der Waals surface area contributed by atoms with Crippen LogP contribution in [0.15, 0.2) is 12.1 Å². The van der Waals surface area contributed by atoms with Crippen LogP contribution in [0.1, 0.15) is 5.56 Å². The Balaban J connectivity index is 2.86. The number of rotatable bonds is 3. The normalized spacial score (nSPS) is 10.4. The van der Waals surface area contributed by atoms with Crippen molar-refractivity contribution in [3.05, 3.63) is 24.8 Å². The van der Waals surface area contributed by atoms with Crippen LogP contribution in [0.25, 0.3) is 0 Å². The molecule has 1 aromatic rings. The third-order valence-electron chi connectivity index (χ3n) is 1.67. The first kappa shape index (κ1) is 11.5. The number of aromatic hydroxyl groups is 1. The molecule has 72 valence electrons. The van der Waals surface area contributed by atoms with Crippen LogP contribution < -0.4 is 0 Å². The molecule has 0 fully saturated rings. The Morgan fingerprint density at radius 2 is 1.85 bits per heavy atom. The average Bonchev–Trinajstić information content (AvgIpc) is 2.10. The molecule has 0 saturated heterocycles. The van der Waals surface area contributed by atoms with E-state index in [1.807, 2.05) is 12.1 Å². The highest BCUT2D eigenvalue weighted by Gasteiger charge is 2.04. The first-order valence-electron chi connectivity index (χ1n) is 3.81. The van der Waals surface area contributed by atoms with Gasteiger partial charge >= 0.3 is 0 Å². The van der Waals surface area contributed by atoms with Crippen molar-refractivity contribution in [1.82, 2.24) is 0 Å². The second-order valence-corrected chi connectivity index (χ2v) is 4.98. The van der Waals surface area contributed by atoms with E-state index in [1.165, 1.54) is 5.56 Å². The maximum absolute atomic E-state index is 9.51. The van der Waals surface area contributed by atoms with E-state index in [1.54, 1.807) is 7.11 Å². The SMILES string of the molecule is COCCc1cc(I)c(O)c(I)c1. The second-order valence-electron chi connectivity index (χ2n) is 2.65. The number of ether oxygens (including phenoxy) is 1. The molecule has 0 aliphatic heterocycles. The summed E-state index contributed by atoms with van der Waals surface area (Å²) < 4.78 is 6.79. The third kappa shape index (κ3) is 3.25. The van der Waals surface area contributed by atoms with E-state index in [4.69, 9.17) is 4.74 Å². The molecular formula is C9H10I2O2. The standard InChI is InChI=1S/C9H10I2O2/c1-13-3-2-6-4-7(10)9(12)8(11)5-6/h4-5,12H,2-3H2,1H3. The summed E-state index contributed by atoms with van der Waals surface area (Å²) in [6.07, 6.45) is 0.892. The molecule has 13 heavy (non-hydrogen) atoms. The van der Waals surface area contributed by atoms with Crippen molar-refractivity contribution in [2.45, 2.75) is 6.42 Å². The van der Waals surface area contributed by atoms with E-state index in [0.29, 0.717) is 5.75 Å². The molecule has 0 unspecified atom stereocenters. The lowest BCUT2D eigenvalue weighted by atomic mass is 10.1. The molecule has 0 aromatic heterocycles. The van der Waals surface area contributed by atoms with Crippen LogP contribution in [-0.2, 0) is 11.2 Å². The van der Waals surface area contributed by atoms with Crippen molar-refractivity contribution in [1.29, 1.82) is 0 Å². The van der Waals surface area contributed by atoms with Crippen molar-refractivity contribution in [3.8, 4) is 5.75 Å². The van der Waals surface area contributed by atoms with Gasteiger partial charge in [0, 0.05) is 7.11 Å². The number of benzene rings is 1. The van der Waals surface area contributed by atoms with Gasteiger partial charge in [-0.25, -0.2) is 0 Å². The lowest BCUT2D eigenvalue weighted by molar-refractivity contribution is 0.202. The number of methoxy groups -OCH3 is 1. The number of phenols is 1. The van der Waals surface area contributed by atoms with Crippen LogP contribution in [-0.4, -0.2) is 18.8 Å². The zero-order valence-electron chi connectivity index (χ0n) is 7.18. The Morgan fingerprint density at radius 1 is 1.31 bits per heavy atom. The second kappa shape index (κ2) is 5.35. The molecule has 0 atom stereocenters. The van der Waals surface area contributed by atoms with Crippen LogP contribution in [0.2, 0.25) is 0 Å². The van der Waals surface area contributed by atoms with Crippen molar-refractivity contribution in [2.75, 3.05) is 13.7 Å². The predicted octanol–water partition coefficient (Wildman–Crippen LogP) is 2.79. The summed E-state index contributed by atoms with van der Waals surface area (Å²) in [6.45, 7) is 0.719. The smallest absolute Gasteiger partial charge is 0.142 e. The molecule has 0 aliphatic rings. The van der Waals surface area contributed by atoms with Crippen LogP contribution in [0.3, 0.4) is 0 Å². The number of hydrogen-bond donors (Lipinski definition) is 1. The third-order valence-corrected chi connectivity index (χ3v) is 3.32. The Hall–Kier alpha value is 0.440.